The molecule has 0 saturated heterocycles. The zero-order valence-electron chi connectivity index (χ0n) is 15.8. The molecule has 0 aromatic heterocycles. The van der Waals surface area contributed by atoms with E-state index in [0.717, 1.165) is 0 Å². The monoisotopic (exact) mass is 446 g/mol. The number of nitrogens with zero attached hydrogens (tertiary/aromatic N) is 1. The van der Waals surface area contributed by atoms with Crippen molar-refractivity contribution in [1.82, 2.24) is 0 Å². The van der Waals surface area contributed by atoms with Crippen LogP contribution in [0.25, 0.3) is 6.08 Å². The molecule has 2 aromatic rings. The molecule has 7 nitrogen and oxygen atoms in total. The van der Waals surface area contributed by atoms with Crippen molar-refractivity contribution in [3.05, 3.63) is 57.6 Å². The molecule has 0 radical (unpaired) electrons. The van der Waals surface area contributed by atoms with E-state index in [9.17, 15) is 9.59 Å². The third kappa shape index (κ3) is 5.23. The van der Waals surface area contributed by atoms with Crippen LogP contribution in [0.2, 0.25) is 10.0 Å². The lowest BCUT2D eigenvalue weighted by Crippen LogP contribution is -2.29. The van der Waals surface area contributed by atoms with Crippen LogP contribution in [0.1, 0.15) is 18.1 Å². The highest BCUT2D eigenvalue weighted by Crippen LogP contribution is 2.38. The van der Waals surface area contributed by atoms with E-state index in [1.807, 2.05) is 6.07 Å². The lowest BCUT2D eigenvalue weighted by atomic mass is 10.2. The number of ether oxygens (including phenoxy) is 3. The summed E-state index contributed by atoms with van der Waals surface area (Å²) in [5, 5.41) is 12.0. The summed E-state index contributed by atoms with van der Waals surface area (Å²) in [7, 11) is 0. The topological polar surface area (TPSA) is 97.7 Å². The number of benzene rings is 2. The second-order valence-electron chi connectivity index (χ2n) is 6.24. The van der Waals surface area contributed by atoms with Crippen molar-refractivity contribution in [2.45, 2.75) is 13.0 Å². The number of hydrogen-bond donors (Lipinski definition) is 1. The largest absolute Gasteiger partial charge is 0.486 e. The van der Waals surface area contributed by atoms with Crippen LogP contribution in [0.4, 0.5) is 5.69 Å². The Morgan fingerprint density at radius 3 is 2.70 bits per heavy atom. The number of hydrogen-bond acceptors (Lipinski definition) is 6. The predicted octanol–water partition coefficient (Wildman–Crippen LogP) is 4.22. The molecule has 1 amide bonds. The van der Waals surface area contributed by atoms with E-state index in [4.69, 9.17) is 42.7 Å². The molecule has 0 spiro atoms. The number of halogens is 2. The first-order valence-corrected chi connectivity index (χ1v) is 9.61. The van der Waals surface area contributed by atoms with Gasteiger partial charge in [-0.3, -0.25) is 4.79 Å². The first kappa shape index (κ1) is 21.5. The summed E-state index contributed by atoms with van der Waals surface area (Å²) in [6.45, 7) is 2.27. The van der Waals surface area contributed by atoms with Crippen molar-refractivity contribution < 1.29 is 23.8 Å². The van der Waals surface area contributed by atoms with Gasteiger partial charge in [-0.2, -0.15) is 5.26 Å². The average Bonchev–Trinajstić information content (AvgIpc) is 2.72. The van der Waals surface area contributed by atoms with Crippen molar-refractivity contribution in [2.75, 3.05) is 18.5 Å². The fraction of sp³-hybridized carbons (Fsp3) is 0.190. The van der Waals surface area contributed by atoms with Crippen molar-refractivity contribution in [3.63, 3.8) is 0 Å². The second-order valence-corrected chi connectivity index (χ2v) is 7.05. The first-order chi connectivity index (χ1) is 14.4. The molecule has 0 fully saturated rings. The van der Waals surface area contributed by atoms with Crippen LogP contribution in [0.15, 0.2) is 36.4 Å². The normalized spacial score (nSPS) is 13.4. The molecule has 0 saturated carbocycles. The summed E-state index contributed by atoms with van der Waals surface area (Å²) in [5.74, 6) is -0.284. The summed E-state index contributed by atoms with van der Waals surface area (Å²) in [6.07, 6.45) is 1.63. The molecule has 1 atom stereocenters. The SMILES string of the molecule is C[C@H](OC(=O)/C=C\c1cc(Cl)c2c(c1)OCCO2)C(=O)Nc1ccc(C#N)c(Cl)c1. The van der Waals surface area contributed by atoms with E-state index in [-0.39, 0.29) is 5.02 Å². The average molecular weight is 447 g/mol. The van der Waals surface area contributed by atoms with E-state index in [1.165, 1.54) is 37.3 Å². The number of carbonyl (C=O) groups is 2. The van der Waals surface area contributed by atoms with Crippen LogP contribution in [-0.4, -0.2) is 31.2 Å². The smallest absolute Gasteiger partial charge is 0.331 e. The van der Waals surface area contributed by atoms with Gasteiger partial charge in [0.1, 0.15) is 19.3 Å². The first-order valence-electron chi connectivity index (χ1n) is 8.85. The van der Waals surface area contributed by atoms with Crippen molar-refractivity contribution in [3.8, 4) is 17.6 Å². The molecule has 0 unspecified atom stereocenters. The second kappa shape index (κ2) is 9.53. The van der Waals surface area contributed by atoms with Gasteiger partial charge in [0, 0.05) is 11.8 Å². The maximum Gasteiger partial charge on any atom is 0.331 e. The van der Waals surface area contributed by atoms with Crippen LogP contribution in [0.3, 0.4) is 0 Å². The van der Waals surface area contributed by atoms with Gasteiger partial charge in [-0.05, 0) is 48.9 Å². The lowest BCUT2D eigenvalue weighted by Gasteiger charge is -2.19. The molecule has 1 aliphatic rings. The highest BCUT2D eigenvalue weighted by molar-refractivity contribution is 6.32. The van der Waals surface area contributed by atoms with E-state index in [0.29, 0.717) is 46.5 Å². The fourth-order valence-corrected chi connectivity index (χ4v) is 3.08. The Labute approximate surface area is 182 Å². The van der Waals surface area contributed by atoms with Gasteiger partial charge in [-0.15, -0.1) is 0 Å². The summed E-state index contributed by atoms with van der Waals surface area (Å²) < 4.78 is 16.0. The van der Waals surface area contributed by atoms with Gasteiger partial charge in [0.05, 0.1) is 15.6 Å². The molecule has 154 valence electrons. The van der Waals surface area contributed by atoms with Gasteiger partial charge in [-0.1, -0.05) is 23.2 Å². The molecule has 30 heavy (non-hydrogen) atoms. The minimum atomic E-state index is -1.06. The van der Waals surface area contributed by atoms with Crippen LogP contribution >= 0.6 is 23.2 Å². The van der Waals surface area contributed by atoms with Crippen LogP contribution in [-0.2, 0) is 14.3 Å². The molecule has 1 aliphatic heterocycles. The van der Waals surface area contributed by atoms with Gasteiger partial charge < -0.3 is 19.5 Å². The number of amides is 1. The predicted molar refractivity (Wildman–Crippen MR) is 112 cm³/mol. The Morgan fingerprint density at radius 1 is 1.20 bits per heavy atom. The van der Waals surface area contributed by atoms with Gasteiger partial charge >= 0.3 is 5.97 Å². The highest BCUT2D eigenvalue weighted by atomic mass is 35.5. The number of esters is 1. The summed E-state index contributed by atoms with van der Waals surface area (Å²) in [4.78, 5) is 24.3. The fourth-order valence-electron chi connectivity index (χ4n) is 2.59. The third-order valence-electron chi connectivity index (χ3n) is 4.05. The van der Waals surface area contributed by atoms with Gasteiger partial charge in [0.2, 0.25) is 0 Å². The molecular weight excluding hydrogens is 431 g/mol. The standard InChI is InChI=1S/C21H16Cl2N2O5/c1-12(21(27)25-15-4-3-14(11-24)16(22)10-15)30-19(26)5-2-13-8-17(23)20-18(9-13)28-6-7-29-20/h2-5,8-10,12H,6-7H2,1H3,(H,25,27)/b5-2-/t12-/m0/s1. The Bertz CT molecular complexity index is 1060. The van der Waals surface area contributed by atoms with Crippen molar-refractivity contribution in [2.24, 2.45) is 0 Å². The quantitative estimate of drug-likeness (QED) is 0.545. The molecule has 0 bridgehead atoms. The highest BCUT2D eigenvalue weighted by Gasteiger charge is 2.18. The van der Waals surface area contributed by atoms with Crippen LogP contribution < -0.4 is 14.8 Å². The number of fused-ring (bicyclic) bond motifs is 1. The minimum Gasteiger partial charge on any atom is -0.486 e. The molecule has 1 heterocycles. The zero-order chi connectivity index (χ0) is 21.7. The molecule has 0 aliphatic carbocycles. The van der Waals surface area contributed by atoms with Gasteiger partial charge in [0.25, 0.3) is 5.91 Å². The third-order valence-corrected chi connectivity index (χ3v) is 4.64. The van der Waals surface area contributed by atoms with Crippen LogP contribution in [0, 0.1) is 11.3 Å². The number of nitrogens with one attached hydrogen (secondary N) is 1. The molecule has 9 heteroatoms. The molecular formula is C21H16Cl2N2O5. The lowest BCUT2D eigenvalue weighted by molar-refractivity contribution is -0.148. The number of rotatable bonds is 5. The van der Waals surface area contributed by atoms with Gasteiger partial charge in [0.15, 0.2) is 17.6 Å². The Hall–Kier alpha value is -3.21. The van der Waals surface area contributed by atoms with E-state index < -0.39 is 18.0 Å². The maximum absolute atomic E-state index is 12.2. The minimum absolute atomic E-state index is 0.209. The maximum atomic E-state index is 12.2. The number of anilines is 1. The summed E-state index contributed by atoms with van der Waals surface area (Å²) in [6, 6.07) is 9.70. The molecule has 1 N–H and O–H groups in total. The number of carbonyl (C=O) groups excluding carboxylic acids is 2. The Kier molecular flexibility index (Phi) is 6.83. The summed E-state index contributed by atoms with van der Waals surface area (Å²) in [5.41, 5.74) is 1.29. The number of nitriles is 1. The van der Waals surface area contributed by atoms with E-state index in [2.05, 4.69) is 5.32 Å². The van der Waals surface area contributed by atoms with Crippen LogP contribution in [0.5, 0.6) is 11.5 Å². The summed E-state index contributed by atoms with van der Waals surface area (Å²) >= 11 is 12.1. The van der Waals surface area contributed by atoms with E-state index in [1.54, 1.807) is 12.1 Å². The Balaban J connectivity index is 1.59. The molecule has 2 aromatic carbocycles. The van der Waals surface area contributed by atoms with Crippen molar-refractivity contribution >= 4 is 46.8 Å². The Morgan fingerprint density at radius 2 is 1.97 bits per heavy atom. The van der Waals surface area contributed by atoms with Crippen molar-refractivity contribution in [1.29, 1.82) is 5.26 Å². The molecule has 3 rings (SSSR count). The van der Waals surface area contributed by atoms with Gasteiger partial charge in [-0.25, -0.2) is 4.79 Å². The van der Waals surface area contributed by atoms with E-state index >= 15 is 0 Å². The zero-order valence-corrected chi connectivity index (χ0v) is 17.3.